The van der Waals surface area contributed by atoms with Gasteiger partial charge in [-0.05, 0) is 56.4 Å². The number of likely N-dealkylation sites (tertiary alicyclic amines) is 1. The molecular formula is C25H32F6N4O3. The van der Waals surface area contributed by atoms with Crippen LogP contribution in [0, 0.1) is 17.3 Å². The number of ether oxygens (including phenoxy) is 2. The van der Waals surface area contributed by atoms with Crippen molar-refractivity contribution in [2.75, 3.05) is 38.3 Å². The van der Waals surface area contributed by atoms with E-state index >= 15 is 0 Å². The van der Waals surface area contributed by atoms with Crippen LogP contribution in [-0.4, -0.2) is 78.6 Å². The summed E-state index contributed by atoms with van der Waals surface area (Å²) >= 11 is 0. The molecule has 1 aliphatic carbocycles. The van der Waals surface area contributed by atoms with Crippen molar-refractivity contribution in [3.8, 4) is 0 Å². The van der Waals surface area contributed by atoms with E-state index in [0.29, 0.717) is 32.5 Å². The van der Waals surface area contributed by atoms with Gasteiger partial charge in [0.05, 0.1) is 36.6 Å². The van der Waals surface area contributed by atoms with Crippen molar-refractivity contribution in [2.24, 2.45) is 17.3 Å². The number of fused-ring (bicyclic) bond motifs is 2. The van der Waals surface area contributed by atoms with Crippen LogP contribution in [0.4, 0.5) is 32.2 Å². The molecule has 4 heterocycles. The first-order valence-corrected chi connectivity index (χ1v) is 13.0. The molecule has 1 amide bonds. The first-order valence-electron chi connectivity index (χ1n) is 13.0. The number of alkyl halides is 6. The molecule has 2 bridgehead atoms. The van der Waals surface area contributed by atoms with Gasteiger partial charge in [0.1, 0.15) is 5.82 Å². The normalized spacial score (nSPS) is 33.8. The summed E-state index contributed by atoms with van der Waals surface area (Å²) < 4.78 is 91.6. The minimum Gasteiger partial charge on any atom is -0.379 e. The Morgan fingerprint density at radius 2 is 1.97 bits per heavy atom. The lowest BCUT2D eigenvalue weighted by Gasteiger charge is -2.40. The van der Waals surface area contributed by atoms with Crippen molar-refractivity contribution in [1.82, 2.24) is 14.9 Å². The van der Waals surface area contributed by atoms with Crippen LogP contribution in [0.5, 0.6) is 0 Å². The summed E-state index contributed by atoms with van der Waals surface area (Å²) in [5.41, 5.74) is -1.51. The number of nitrogens with zero attached hydrogens (tertiary/aromatic N) is 4. The number of piperazine rings is 1. The number of aromatic nitrogens is 2. The van der Waals surface area contributed by atoms with Gasteiger partial charge in [-0.15, -0.1) is 0 Å². The Morgan fingerprint density at radius 1 is 1.18 bits per heavy atom. The predicted molar refractivity (Wildman–Crippen MR) is 123 cm³/mol. The van der Waals surface area contributed by atoms with Crippen molar-refractivity contribution in [3.63, 3.8) is 0 Å². The maximum absolute atomic E-state index is 13.8. The fourth-order valence-corrected chi connectivity index (χ4v) is 7.11. The van der Waals surface area contributed by atoms with E-state index in [9.17, 15) is 31.1 Å². The Morgan fingerprint density at radius 3 is 2.63 bits per heavy atom. The number of hydrogen-bond acceptors (Lipinski definition) is 6. The van der Waals surface area contributed by atoms with Gasteiger partial charge in [-0.1, -0.05) is 0 Å². The van der Waals surface area contributed by atoms with Crippen LogP contribution in [0.15, 0.2) is 12.3 Å². The molecule has 13 heteroatoms. The van der Waals surface area contributed by atoms with E-state index in [1.807, 2.05) is 0 Å². The summed E-state index contributed by atoms with van der Waals surface area (Å²) in [7, 11) is 1.61. The highest BCUT2D eigenvalue weighted by atomic mass is 19.4. The van der Waals surface area contributed by atoms with Crippen LogP contribution in [0.25, 0.3) is 0 Å². The lowest BCUT2D eigenvalue weighted by atomic mass is 9.78. The van der Waals surface area contributed by atoms with Gasteiger partial charge in [0, 0.05) is 33.0 Å². The van der Waals surface area contributed by atoms with Gasteiger partial charge in [-0.2, -0.15) is 26.3 Å². The van der Waals surface area contributed by atoms with Gasteiger partial charge in [0.2, 0.25) is 11.7 Å². The zero-order valence-electron chi connectivity index (χ0n) is 21.1. The largest absolute Gasteiger partial charge is 0.451 e. The average molecular weight is 551 g/mol. The maximum Gasteiger partial charge on any atom is 0.451 e. The summed E-state index contributed by atoms with van der Waals surface area (Å²) in [6.45, 7) is 1.46. The topological polar surface area (TPSA) is 67.8 Å². The number of amides is 1. The van der Waals surface area contributed by atoms with Gasteiger partial charge in [0.15, 0.2) is 0 Å². The molecule has 1 saturated carbocycles. The van der Waals surface area contributed by atoms with E-state index in [0.717, 1.165) is 12.6 Å². The average Bonchev–Trinajstić information content (AvgIpc) is 3.58. The third kappa shape index (κ3) is 5.45. The highest BCUT2D eigenvalue weighted by Crippen LogP contribution is 2.53. The number of methoxy groups -OCH3 is 1. The number of halogens is 6. The molecule has 4 fully saturated rings. The molecule has 5 rings (SSSR count). The molecule has 1 aromatic rings. The Bertz CT molecular complexity index is 1020. The molecule has 0 unspecified atom stereocenters. The first-order chi connectivity index (χ1) is 17.9. The summed E-state index contributed by atoms with van der Waals surface area (Å²) in [6.07, 6.45) is -6.52. The van der Waals surface area contributed by atoms with Gasteiger partial charge >= 0.3 is 12.4 Å². The number of rotatable bonds is 6. The van der Waals surface area contributed by atoms with Gasteiger partial charge in [-0.25, -0.2) is 9.97 Å². The lowest BCUT2D eigenvalue weighted by molar-refractivity contribution is -0.175. The summed E-state index contributed by atoms with van der Waals surface area (Å²) in [5, 5.41) is 0. The molecule has 6 atom stereocenters. The van der Waals surface area contributed by atoms with Crippen molar-refractivity contribution in [1.29, 1.82) is 0 Å². The number of carbonyl (C=O) groups is 1. The summed E-state index contributed by atoms with van der Waals surface area (Å²) in [5.74, 6) is -1.44. The minimum absolute atomic E-state index is 0.0138. The van der Waals surface area contributed by atoms with E-state index in [4.69, 9.17) is 9.47 Å². The highest BCUT2D eigenvalue weighted by Gasteiger charge is 2.57. The standard InChI is InChI=1S/C25H32F6N4O3/c1-37-19-13-38-7-4-16(19)8-15-2-5-23(10-15,14-24(26,27)28)22(36)35-12-17-9-18(35)11-34(17)20-3-6-32-21(33-20)25(29,30)31/h3,6,15-19H,2,4-5,7-14H2,1H3/t15-,16+,17+,18+,19+,23-/m0/s1. The van der Waals surface area contributed by atoms with Crippen LogP contribution in [0.3, 0.4) is 0 Å². The van der Waals surface area contributed by atoms with Crippen molar-refractivity contribution < 1.29 is 40.6 Å². The van der Waals surface area contributed by atoms with Crippen LogP contribution < -0.4 is 4.90 Å². The molecule has 212 valence electrons. The quantitative estimate of drug-likeness (QED) is 0.488. The summed E-state index contributed by atoms with van der Waals surface area (Å²) in [6, 6.07) is 0.720. The Balaban J connectivity index is 1.29. The molecule has 0 spiro atoms. The number of carbonyl (C=O) groups excluding carboxylic acids is 1. The van der Waals surface area contributed by atoms with Gasteiger partial charge < -0.3 is 19.3 Å². The van der Waals surface area contributed by atoms with Crippen LogP contribution >= 0.6 is 0 Å². The molecule has 38 heavy (non-hydrogen) atoms. The molecule has 0 N–H and O–H groups in total. The zero-order chi connectivity index (χ0) is 27.3. The van der Waals surface area contributed by atoms with E-state index in [1.165, 1.54) is 6.07 Å². The minimum atomic E-state index is -4.69. The Kier molecular flexibility index (Phi) is 7.29. The third-order valence-corrected chi connectivity index (χ3v) is 8.77. The molecule has 7 nitrogen and oxygen atoms in total. The van der Waals surface area contributed by atoms with E-state index in [1.54, 1.807) is 16.9 Å². The van der Waals surface area contributed by atoms with Gasteiger partial charge in [0.25, 0.3) is 0 Å². The lowest BCUT2D eigenvalue weighted by Crippen LogP contribution is -2.54. The fraction of sp³-hybridized carbons (Fsp3) is 0.800. The maximum atomic E-state index is 13.8. The molecule has 0 aromatic carbocycles. The molecule has 4 aliphatic rings. The van der Waals surface area contributed by atoms with Crippen LogP contribution in [-0.2, 0) is 20.4 Å². The van der Waals surface area contributed by atoms with E-state index in [-0.39, 0.29) is 61.8 Å². The second-order valence-electron chi connectivity index (χ2n) is 11.2. The molecule has 3 aliphatic heterocycles. The van der Waals surface area contributed by atoms with E-state index < -0.39 is 35.9 Å². The van der Waals surface area contributed by atoms with Crippen molar-refractivity contribution in [2.45, 2.75) is 75.5 Å². The number of hydrogen-bond donors (Lipinski definition) is 0. The third-order valence-electron chi connectivity index (χ3n) is 8.77. The van der Waals surface area contributed by atoms with E-state index in [2.05, 4.69) is 9.97 Å². The fourth-order valence-electron chi connectivity index (χ4n) is 7.11. The predicted octanol–water partition coefficient (Wildman–Crippen LogP) is 4.47. The van der Waals surface area contributed by atoms with Crippen molar-refractivity contribution >= 4 is 11.7 Å². The summed E-state index contributed by atoms with van der Waals surface area (Å²) in [4.78, 5) is 24.0. The van der Waals surface area contributed by atoms with Crippen LogP contribution in [0.2, 0.25) is 0 Å². The van der Waals surface area contributed by atoms with Crippen molar-refractivity contribution in [3.05, 3.63) is 18.1 Å². The Hall–Kier alpha value is -2.15. The molecule has 0 radical (unpaired) electrons. The molecule has 3 saturated heterocycles. The first kappa shape index (κ1) is 27.4. The molecule has 1 aromatic heterocycles. The monoisotopic (exact) mass is 550 g/mol. The van der Waals surface area contributed by atoms with Crippen LogP contribution in [0.1, 0.15) is 50.8 Å². The Labute approximate surface area is 216 Å². The molecular weight excluding hydrogens is 518 g/mol. The number of anilines is 1. The van der Waals surface area contributed by atoms with Gasteiger partial charge in [-0.3, -0.25) is 4.79 Å². The SMILES string of the molecule is CO[C@@H]1COCC[C@@H]1C[C@@H]1CC[C@](CC(F)(F)F)(C(=O)N2C[C@H]3C[C@@H]2CN3c2ccnc(C(F)(F)F)n2)C1. The second-order valence-corrected chi connectivity index (χ2v) is 11.2. The second kappa shape index (κ2) is 10.1. The smallest absolute Gasteiger partial charge is 0.379 e. The zero-order valence-corrected chi connectivity index (χ0v) is 21.1. The highest BCUT2D eigenvalue weighted by molar-refractivity contribution is 5.84.